The van der Waals surface area contributed by atoms with Crippen LogP contribution in [-0.4, -0.2) is 0 Å². The molecule has 0 heterocycles. The Morgan fingerprint density at radius 1 is 1.29 bits per heavy atom. The SMILES string of the molecule is CC1(C)CC(N)c2c(F)ccc(F)c21. The summed E-state index contributed by atoms with van der Waals surface area (Å²) in [6.07, 6.45) is 0.597. The van der Waals surface area contributed by atoms with Gasteiger partial charge in [-0.3, -0.25) is 0 Å². The molecule has 0 saturated carbocycles. The first kappa shape index (κ1) is 9.59. The molecule has 0 spiro atoms. The largest absolute Gasteiger partial charge is 0.324 e. The molecular weight excluding hydrogens is 184 g/mol. The Morgan fingerprint density at radius 2 is 1.86 bits per heavy atom. The van der Waals surface area contributed by atoms with Crippen molar-refractivity contribution in [2.45, 2.75) is 31.7 Å². The summed E-state index contributed by atoms with van der Waals surface area (Å²) in [5.41, 5.74) is 6.23. The van der Waals surface area contributed by atoms with E-state index in [-0.39, 0.29) is 23.1 Å². The minimum Gasteiger partial charge on any atom is -0.324 e. The highest BCUT2D eigenvalue weighted by molar-refractivity contribution is 5.42. The van der Waals surface area contributed by atoms with Crippen LogP contribution in [0.1, 0.15) is 37.4 Å². The first-order valence-electron chi connectivity index (χ1n) is 4.67. The highest BCUT2D eigenvalue weighted by Crippen LogP contribution is 2.45. The van der Waals surface area contributed by atoms with E-state index in [1.807, 2.05) is 13.8 Å². The Morgan fingerprint density at radius 3 is 2.43 bits per heavy atom. The lowest BCUT2D eigenvalue weighted by atomic mass is 9.86. The zero-order chi connectivity index (χ0) is 10.5. The van der Waals surface area contributed by atoms with Gasteiger partial charge in [0.1, 0.15) is 11.6 Å². The second kappa shape index (κ2) is 2.76. The van der Waals surface area contributed by atoms with Crippen molar-refractivity contribution in [1.29, 1.82) is 0 Å². The van der Waals surface area contributed by atoms with Crippen LogP contribution in [0, 0.1) is 11.6 Å². The van der Waals surface area contributed by atoms with E-state index in [9.17, 15) is 8.78 Å². The summed E-state index contributed by atoms with van der Waals surface area (Å²) in [5, 5.41) is 0. The lowest BCUT2D eigenvalue weighted by Gasteiger charge is -2.19. The normalized spacial score (nSPS) is 23.6. The van der Waals surface area contributed by atoms with Crippen LogP contribution in [0.4, 0.5) is 8.78 Å². The molecule has 1 aromatic rings. The van der Waals surface area contributed by atoms with Crippen molar-refractivity contribution in [3.8, 4) is 0 Å². The molecule has 0 amide bonds. The molecule has 3 heteroatoms. The molecule has 0 fully saturated rings. The molecule has 76 valence electrons. The van der Waals surface area contributed by atoms with Crippen molar-refractivity contribution in [2.24, 2.45) is 5.73 Å². The van der Waals surface area contributed by atoms with Crippen molar-refractivity contribution in [3.63, 3.8) is 0 Å². The van der Waals surface area contributed by atoms with E-state index in [0.717, 1.165) is 6.07 Å². The van der Waals surface area contributed by atoms with Gasteiger partial charge in [0.05, 0.1) is 0 Å². The summed E-state index contributed by atoms with van der Waals surface area (Å²) in [4.78, 5) is 0. The molecule has 1 atom stereocenters. The molecule has 0 aromatic heterocycles. The van der Waals surface area contributed by atoms with Gasteiger partial charge in [-0.05, 0) is 24.0 Å². The first-order valence-corrected chi connectivity index (χ1v) is 4.67. The summed E-state index contributed by atoms with van der Waals surface area (Å²) in [5.74, 6) is -0.737. The van der Waals surface area contributed by atoms with Crippen LogP contribution in [0.25, 0.3) is 0 Å². The highest BCUT2D eigenvalue weighted by Gasteiger charge is 2.39. The monoisotopic (exact) mass is 197 g/mol. The summed E-state index contributed by atoms with van der Waals surface area (Å²) < 4.78 is 26.9. The van der Waals surface area contributed by atoms with Crippen molar-refractivity contribution < 1.29 is 8.78 Å². The molecule has 1 unspecified atom stereocenters. The van der Waals surface area contributed by atoms with Gasteiger partial charge in [0, 0.05) is 17.2 Å². The van der Waals surface area contributed by atoms with Crippen LogP contribution in [0.15, 0.2) is 12.1 Å². The third-order valence-electron chi connectivity index (χ3n) is 2.92. The van der Waals surface area contributed by atoms with Gasteiger partial charge in [0.15, 0.2) is 0 Å². The number of nitrogens with two attached hydrogens (primary N) is 1. The van der Waals surface area contributed by atoms with Crippen molar-refractivity contribution in [1.82, 2.24) is 0 Å². The van der Waals surface area contributed by atoms with Crippen molar-refractivity contribution in [3.05, 3.63) is 34.9 Å². The molecule has 1 aromatic carbocycles. The van der Waals surface area contributed by atoms with E-state index in [1.165, 1.54) is 6.07 Å². The topological polar surface area (TPSA) is 26.0 Å². The van der Waals surface area contributed by atoms with Gasteiger partial charge < -0.3 is 5.73 Å². The van der Waals surface area contributed by atoms with Gasteiger partial charge in [0.25, 0.3) is 0 Å². The van der Waals surface area contributed by atoms with Crippen LogP contribution in [0.5, 0.6) is 0 Å². The van der Waals surface area contributed by atoms with Crippen LogP contribution in [-0.2, 0) is 5.41 Å². The molecule has 1 aliphatic carbocycles. The number of hydrogen-bond acceptors (Lipinski definition) is 1. The molecule has 14 heavy (non-hydrogen) atoms. The van der Waals surface area contributed by atoms with Gasteiger partial charge >= 0.3 is 0 Å². The Balaban J connectivity index is 2.73. The average molecular weight is 197 g/mol. The fraction of sp³-hybridized carbons (Fsp3) is 0.455. The zero-order valence-corrected chi connectivity index (χ0v) is 8.27. The predicted molar refractivity (Wildman–Crippen MR) is 50.9 cm³/mol. The van der Waals surface area contributed by atoms with Crippen LogP contribution in [0.3, 0.4) is 0 Å². The number of halogens is 2. The van der Waals surface area contributed by atoms with Gasteiger partial charge in [-0.2, -0.15) is 0 Å². The Labute approximate surface area is 81.9 Å². The molecule has 2 rings (SSSR count). The van der Waals surface area contributed by atoms with Gasteiger partial charge in [-0.1, -0.05) is 13.8 Å². The quantitative estimate of drug-likeness (QED) is 0.679. The zero-order valence-electron chi connectivity index (χ0n) is 8.27. The van der Waals surface area contributed by atoms with E-state index in [4.69, 9.17) is 5.73 Å². The maximum Gasteiger partial charge on any atom is 0.128 e. The molecule has 0 bridgehead atoms. The molecule has 1 nitrogen and oxygen atoms in total. The van der Waals surface area contributed by atoms with Gasteiger partial charge in [-0.25, -0.2) is 8.78 Å². The summed E-state index contributed by atoms with van der Waals surface area (Å²) in [6.45, 7) is 3.78. The highest BCUT2D eigenvalue weighted by atomic mass is 19.1. The summed E-state index contributed by atoms with van der Waals surface area (Å²) in [7, 11) is 0. The first-order chi connectivity index (χ1) is 6.43. The molecule has 0 radical (unpaired) electrons. The van der Waals surface area contributed by atoms with Gasteiger partial charge in [-0.15, -0.1) is 0 Å². The van der Waals surface area contributed by atoms with E-state index < -0.39 is 0 Å². The number of hydrogen-bond donors (Lipinski definition) is 1. The van der Waals surface area contributed by atoms with Crippen LogP contribution in [0.2, 0.25) is 0 Å². The second-order valence-electron chi connectivity index (χ2n) is 4.51. The smallest absolute Gasteiger partial charge is 0.128 e. The maximum absolute atomic E-state index is 13.5. The lowest BCUT2D eigenvalue weighted by Crippen LogP contribution is -2.15. The Bertz CT molecular complexity index is 385. The average Bonchev–Trinajstić information content (AvgIpc) is 2.30. The number of benzene rings is 1. The number of fused-ring (bicyclic) bond motifs is 1. The van der Waals surface area contributed by atoms with E-state index in [2.05, 4.69) is 0 Å². The Kier molecular flexibility index (Phi) is 1.89. The standard InChI is InChI=1S/C11H13F2N/c1-11(2)5-8(14)9-6(12)3-4-7(13)10(9)11/h3-4,8H,5,14H2,1-2H3. The Hall–Kier alpha value is -0.960. The predicted octanol–water partition coefficient (Wildman–Crippen LogP) is 2.65. The lowest BCUT2D eigenvalue weighted by molar-refractivity contribution is 0.461. The minimum absolute atomic E-state index is 0.348. The van der Waals surface area contributed by atoms with E-state index in [0.29, 0.717) is 17.5 Å². The summed E-state index contributed by atoms with van der Waals surface area (Å²) in [6, 6.07) is 1.94. The van der Waals surface area contributed by atoms with Crippen LogP contribution >= 0.6 is 0 Å². The third-order valence-corrected chi connectivity index (χ3v) is 2.92. The molecule has 2 N–H and O–H groups in total. The molecule has 0 aliphatic heterocycles. The van der Waals surface area contributed by atoms with Crippen molar-refractivity contribution >= 4 is 0 Å². The number of rotatable bonds is 0. The van der Waals surface area contributed by atoms with E-state index in [1.54, 1.807) is 0 Å². The fourth-order valence-electron chi connectivity index (χ4n) is 2.37. The van der Waals surface area contributed by atoms with Gasteiger partial charge in [0.2, 0.25) is 0 Å². The fourth-order valence-corrected chi connectivity index (χ4v) is 2.37. The van der Waals surface area contributed by atoms with E-state index >= 15 is 0 Å². The molecule has 1 aliphatic rings. The van der Waals surface area contributed by atoms with Crippen molar-refractivity contribution in [2.75, 3.05) is 0 Å². The second-order valence-corrected chi connectivity index (χ2v) is 4.51. The summed E-state index contributed by atoms with van der Waals surface area (Å²) >= 11 is 0. The minimum atomic E-state index is -0.389. The third kappa shape index (κ3) is 1.16. The maximum atomic E-state index is 13.5. The molecule has 0 saturated heterocycles. The van der Waals surface area contributed by atoms with Crippen LogP contribution < -0.4 is 5.73 Å². The molecular formula is C11H13F2N.